The molecule has 6 aliphatic heterocycles. The molecule has 0 aliphatic carbocycles. The number of nitrogens with one attached hydrogen (secondary N) is 2. The van der Waals surface area contributed by atoms with Crippen molar-refractivity contribution in [1.82, 2.24) is 20.4 Å². The highest BCUT2D eigenvalue weighted by atomic mass is 16.7. The first-order chi connectivity index (χ1) is 29.5. The Morgan fingerprint density at radius 2 is 1.64 bits per heavy atom. The van der Waals surface area contributed by atoms with Crippen molar-refractivity contribution in [2.24, 2.45) is 17.4 Å². The van der Waals surface area contributed by atoms with E-state index in [0.717, 1.165) is 109 Å². The number of carbonyl (C=O) groups is 2. The number of allylic oxidation sites excluding steroid dienone is 1. The maximum atomic E-state index is 14.4. The first kappa shape index (κ1) is 48.7. The Morgan fingerprint density at radius 1 is 0.918 bits per heavy atom. The minimum Gasteiger partial charge on any atom is -0.462 e. The Balaban J connectivity index is 0.874. The van der Waals surface area contributed by atoms with E-state index in [9.17, 15) is 19.8 Å². The van der Waals surface area contributed by atoms with Crippen molar-refractivity contribution in [3.05, 3.63) is 12.2 Å². The quantitative estimate of drug-likeness (QED) is 0.0390. The van der Waals surface area contributed by atoms with E-state index in [2.05, 4.69) is 48.5 Å². The van der Waals surface area contributed by atoms with Gasteiger partial charge in [-0.05, 0) is 103 Å². The fourth-order valence-corrected chi connectivity index (χ4v) is 11.5. The maximum Gasteiger partial charge on any atom is 0.315 e. The number of aliphatic hydroxyl groups is 2. The van der Waals surface area contributed by atoms with Crippen LogP contribution in [0.4, 0.5) is 0 Å². The minimum absolute atomic E-state index is 0.0506. The van der Waals surface area contributed by atoms with E-state index in [1.165, 1.54) is 37.0 Å². The highest BCUT2D eigenvalue weighted by molar-refractivity contribution is 5.82. The van der Waals surface area contributed by atoms with Crippen LogP contribution >= 0.6 is 0 Å². The van der Waals surface area contributed by atoms with Gasteiger partial charge < -0.3 is 45.5 Å². The fraction of sp³-hybridized carbons (Fsp3) is 0.915. The van der Waals surface area contributed by atoms with E-state index < -0.39 is 23.8 Å². The molecule has 0 aromatic rings. The second kappa shape index (κ2) is 22.9. The lowest BCUT2D eigenvalue weighted by Crippen LogP contribution is -2.81. The Morgan fingerprint density at radius 3 is 2.31 bits per heavy atom. The number of hydrogen-bond acceptors (Lipinski definition) is 13. The van der Waals surface area contributed by atoms with E-state index in [1.54, 1.807) is 0 Å². The molecule has 14 heteroatoms. The molecule has 0 aromatic carbocycles. The summed E-state index contributed by atoms with van der Waals surface area (Å²) in [5, 5.41) is 29.4. The highest BCUT2D eigenvalue weighted by Gasteiger charge is 2.64. The van der Waals surface area contributed by atoms with Crippen LogP contribution in [0.15, 0.2) is 12.2 Å². The first-order valence-corrected chi connectivity index (χ1v) is 24.9. The largest absolute Gasteiger partial charge is 0.462 e. The minimum atomic E-state index is -1.85. The molecule has 0 radical (unpaired) electrons. The zero-order valence-electron chi connectivity index (χ0n) is 38.0. The number of aliphatic hydroxyl groups excluding tert-OH is 1. The van der Waals surface area contributed by atoms with E-state index in [4.69, 9.17) is 30.4 Å². The average molecular weight is 861 g/mol. The standard InChI is InChI=1S/C47H84N6O8/c1-4-6-21-37-26-28-45(60-37)33-35-24-25-38-40(46(27-18-20-34(3)59-46)51-44(50-45)53(35)38)42(55)58-36(5-2)22-16-14-12-10-8-7-9-11-13-15-17-23-39-41(54)52(32-19-30-48)43(56)47(57,61-39)29-31-49/h6,21,34-40,43-44,50-51,56-57H,4-5,7-20,22-33,48-49H2,1-3H3. The van der Waals surface area contributed by atoms with Gasteiger partial charge in [-0.1, -0.05) is 90.2 Å². The summed E-state index contributed by atoms with van der Waals surface area (Å²) in [6, 6.07) is 0.435. The second-order valence-corrected chi connectivity index (χ2v) is 19.3. The smallest absolute Gasteiger partial charge is 0.315 e. The van der Waals surface area contributed by atoms with E-state index >= 15 is 0 Å². The van der Waals surface area contributed by atoms with Gasteiger partial charge in [0.25, 0.3) is 5.91 Å². The number of ether oxygens (including phenoxy) is 4. The SMILES string of the molecule is CCC=CC1CCC2(CC3CCC4C(C(=O)OC(CC)CCCCCCCCCCCCCC5OC(O)(CCN)C(O)N(CCCN)C5=O)C5(CCCC(C)O5)NC(N2)N34)O1. The van der Waals surface area contributed by atoms with E-state index in [1.807, 2.05) is 0 Å². The lowest BCUT2D eigenvalue weighted by molar-refractivity contribution is -0.325. The summed E-state index contributed by atoms with van der Waals surface area (Å²) in [5.74, 6) is -2.59. The van der Waals surface area contributed by atoms with Gasteiger partial charge in [0.1, 0.15) is 35.9 Å². The van der Waals surface area contributed by atoms with Crippen LogP contribution in [0.2, 0.25) is 0 Å². The third-order valence-corrected chi connectivity index (χ3v) is 14.7. The lowest BCUT2D eigenvalue weighted by atomic mass is 9.79. The van der Waals surface area contributed by atoms with E-state index in [0.29, 0.717) is 25.4 Å². The lowest BCUT2D eigenvalue weighted by Gasteiger charge is -2.60. The Labute approximate surface area is 366 Å². The van der Waals surface area contributed by atoms with Crippen molar-refractivity contribution < 1.29 is 38.7 Å². The molecular formula is C47H84N6O8. The Kier molecular flexibility index (Phi) is 18.3. The van der Waals surface area contributed by atoms with Gasteiger partial charge in [-0.3, -0.25) is 25.1 Å². The fourth-order valence-electron chi connectivity index (χ4n) is 11.5. The van der Waals surface area contributed by atoms with Gasteiger partial charge in [-0.25, -0.2) is 0 Å². The molecule has 61 heavy (non-hydrogen) atoms. The molecule has 6 heterocycles. The molecule has 2 spiro atoms. The summed E-state index contributed by atoms with van der Waals surface area (Å²) >= 11 is 0. The molecule has 0 bridgehead atoms. The molecule has 1 amide bonds. The van der Waals surface area contributed by atoms with Crippen LogP contribution in [0.25, 0.3) is 0 Å². The number of unbranched alkanes of at least 4 members (excludes halogenated alkanes) is 10. The molecule has 12 unspecified atom stereocenters. The van der Waals surface area contributed by atoms with Crippen molar-refractivity contribution >= 4 is 11.9 Å². The molecule has 8 N–H and O–H groups in total. The molecule has 6 saturated heterocycles. The van der Waals surface area contributed by atoms with Crippen LogP contribution in [0, 0.1) is 5.92 Å². The number of hydrogen-bond donors (Lipinski definition) is 6. The van der Waals surface area contributed by atoms with Crippen molar-refractivity contribution in [2.45, 2.75) is 248 Å². The Hall–Kier alpha value is -1.72. The molecular weight excluding hydrogens is 777 g/mol. The van der Waals surface area contributed by atoms with Crippen molar-refractivity contribution in [1.29, 1.82) is 0 Å². The van der Waals surface area contributed by atoms with Crippen molar-refractivity contribution in [3.63, 3.8) is 0 Å². The predicted molar refractivity (Wildman–Crippen MR) is 235 cm³/mol. The number of esters is 1. The second-order valence-electron chi connectivity index (χ2n) is 19.3. The van der Waals surface area contributed by atoms with Gasteiger partial charge in [0.05, 0.1) is 12.2 Å². The van der Waals surface area contributed by atoms with Crippen molar-refractivity contribution in [2.75, 3.05) is 19.6 Å². The number of nitrogens with zero attached hydrogens (tertiary/aromatic N) is 2. The normalized spacial score (nSPS) is 37.0. The summed E-state index contributed by atoms with van der Waals surface area (Å²) < 4.78 is 25.8. The number of amides is 1. The number of morpholine rings is 1. The monoisotopic (exact) mass is 861 g/mol. The average Bonchev–Trinajstić information content (AvgIpc) is 3.83. The third kappa shape index (κ3) is 12.0. The maximum absolute atomic E-state index is 14.4. The van der Waals surface area contributed by atoms with Crippen molar-refractivity contribution in [3.8, 4) is 0 Å². The molecule has 0 aromatic heterocycles. The summed E-state index contributed by atoms with van der Waals surface area (Å²) in [7, 11) is 0. The predicted octanol–water partition coefficient (Wildman–Crippen LogP) is 5.77. The molecule has 6 fully saturated rings. The molecule has 14 nitrogen and oxygen atoms in total. The number of carbonyl (C=O) groups excluding carboxylic acids is 2. The highest BCUT2D eigenvalue weighted by Crippen LogP contribution is 2.50. The summed E-state index contributed by atoms with van der Waals surface area (Å²) in [6.45, 7) is 7.26. The number of nitrogens with two attached hydrogens (primary N) is 2. The van der Waals surface area contributed by atoms with Crippen LogP contribution in [0.3, 0.4) is 0 Å². The van der Waals surface area contributed by atoms with Crippen LogP contribution in [0.1, 0.15) is 181 Å². The third-order valence-electron chi connectivity index (χ3n) is 14.7. The summed E-state index contributed by atoms with van der Waals surface area (Å²) in [6.07, 6.45) is 26.3. The number of rotatable bonds is 24. The molecule has 350 valence electrons. The zero-order valence-corrected chi connectivity index (χ0v) is 38.0. The van der Waals surface area contributed by atoms with E-state index in [-0.39, 0.29) is 73.7 Å². The van der Waals surface area contributed by atoms with Gasteiger partial charge in [0.2, 0.25) is 5.79 Å². The van der Waals surface area contributed by atoms with Gasteiger partial charge in [-0.15, -0.1) is 0 Å². The topological polar surface area (TPSA) is 194 Å². The molecule has 12 atom stereocenters. The van der Waals surface area contributed by atoms with Gasteiger partial charge in [0, 0.05) is 31.5 Å². The van der Waals surface area contributed by atoms with Crippen LogP contribution in [-0.2, 0) is 28.5 Å². The Bertz CT molecular complexity index is 1410. The van der Waals surface area contributed by atoms with Crippen LogP contribution in [0.5, 0.6) is 0 Å². The van der Waals surface area contributed by atoms with Gasteiger partial charge >= 0.3 is 5.97 Å². The van der Waals surface area contributed by atoms with Gasteiger partial charge in [0.15, 0.2) is 6.23 Å². The molecule has 6 rings (SSSR count). The molecule has 6 aliphatic rings. The molecule has 0 saturated carbocycles. The first-order valence-electron chi connectivity index (χ1n) is 24.9. The zero-order chi connectivity index (χ0) is 43.5. The summed E-state index contributed by atoms with van der Waals surface area (Å²) in [5.41, 5.74) is 10.2. The summed E-state index contributed by atoms with van der Waals surface area (Å²) in [4.78, 5) is 31.3. The van der Waals surface area contributed by atoms with Crippen LogP contribution in [-0.4, -0.2) is 118 Å². The van der Waals surface area contributed by atoms with Gasteiger partial charge in [-0.2, -0.15) is 0 Å². The van der Waals surface area contributed by atoms with Crippen LogP contribution < -0.4 is 22.1 Å².